The van der Waals surface area contributed by atoms with Crippen LogP contribution in [0, 0.1) is 5.82 Å². The van der Waals surface area contributed by atoms with Crippen LogP contribution in [0.1, 0.15) is 24.2 Å². The molecule has 0 aliphatic heterocycles. The van der Waals surface area contributed by atoms with E-state index in [0.717, 1.165) is 15.7 Å². The number of aromatic nitrogens is 2. The molecule has 2 aromatic rings. The first-order chi connectivity index (χ1) is 9.08. The van der Waals surface area contributed by atoms with Gasteiger partial charge in [-0.05, 0) is 40.5 Å². The molecule has 0 saturated carbocycles. The molecule has 0 saturated heterocycles. The Bertz CT molecular complexity index is 585. The van der Waals surface area contributed by atoms with Crippen LogP contribution in [0.4, 0.5) is 4.39 Å². The summed E-state index contributed by atoms with van der Waals surface area (Å²) in [5.74, 6) is -0.215. The van der Waals surface area contributed by atoms with Gasteiger partial charge in [-0.2, -0.15) is 5.10 Å². The predicted octanol–water partition coefficient (Wildman–Crippen LogP) is 2.86. The van der Waals surface area contributed by atoms with Crippen molar-refractivity contribution in [2.45, 2.75) is 19.5 Å². The molecule has 0 fully saturated rings. The van der Waals surface area contributed by atoms with Crippen molar-refractivity contribution < 1.29 is 9.13 Å². The van der Waals surface area contributed by atoms with Gasteiger partial charge in [-0.3, -0.25) is 4.68 Å². The van der Waals surface area contributed by atoms with Crippen LogP contribution < -0.4 is 10.5 Å². The van der Waals surface area contributed by atoms with E-state index in [1.807, 2.05) is 11.6 Å². The third-order valence-electron chi connectivity index (χ3n) is 2.96. The Morgan fingerprint density at radius 2 is 2.26 bits per heavy atom. The second-order valence-electron chi connectivity index (χ2n) is 4.07. The maximum Gasteiger partial charge on any atom is 0.165 e. The summed E-state index contributed by atoms with van der Waals surface area (Å²) in [6, 6.07) is 4.22. The normalized spacial score (nSPS) is 12.5. The third kappa shape index (κ3) is 2.64. The lowest BCUT2D eigenvalue weighted by molar-refractivity contribution is 0.385. The second kappa shape index (κ2) is 5.71. The van der Waals surface area contributed by atoms with Crippen LogP contribution in [0.25, 0.3) is 0 Å². The Kier molecular flexibility index (Phi) is 4.21. The van der Waals surface area contributed by atoms with Gasteiger partial charge in [0.1, 0.15) is 0 Å². The molecule has 19 heavy (non-hydrogen) atoms. The number of benzene rings is 1. The largest absolute Gasteiger partial charge is 0.494 e. The molecule has 1 atom stereocenters. The number of rotatable bonds is 4. The molecule has 2 N–H and O–H groups in total. The fourth-order valence-electron chi connectivity index (χ4n) is 1.96. The van der Waals surface area contributed by atoms with Gasteiger partial charge in [0.2, 0.25) is 0 Å². The fraction of sp³-hybridized carbons (Fsp3) is 0.308. The molecule has 1 aromatic heterocycles. The number of ether oxygens (including phenoxy) is 1. The van der Waals surface area contributed by atoms with Gasteiger partial charge < -0.3 is 10.5 Å². The standard InChI is InChI=1S/C13H15BrFN3O/c1-3-18-13(9(14)7-17-18)12(16)8-4-5-10(15)11(6-8)19-2/h4-7,12H,3,16H2,1-2H3. The fourth-order valence-corrected chi connectivity index (χ4v) is 2.50. The van der Waals surface area contributed by atoms with Gasteiger partial charge in [-0.1, -0.05) is 6.07 Å². The van der Waals surface area contributed by atoms with Crippen molar-refractivity contribution >= 4 is 15.9 Å². The monoisotopic (exact) mass is 327 g/mol. The zero-order valence-electron chi connectivity index (χ0n) is 10.7. The molecule has 2 rings (SSSR count). The van der Waals surface area contributed by atoms with Gasteiger partial charge in [0, 0.05) is 6.54 Å². The average molecular weight is 328 g/mol. The molecule has 6 heteroatoms. The number of hydrogen-bond acceptors (Lipinski definition) is 3. The smallest absolute Gasteiger partial charge is 0.165 e. The first kappa shape index (κ1) is 14.0. The Balaban J connectivity index is 2.43. The molecule has 1 heterocycles. The maximum absolute atomic E-state index is 13.4. The van der Waals surface area contributed by atoms with Crippen molar-refractivity contribution in [3.05, 3.63) is 45.9 Å². The maximum atomic E-state index is 13.4. The molecule has 1 unspecified atom stereocenters. The van der Waals surface area contributed by atoms with Crippen LogP contribution in [0.5, 0.6) is 5.75 Å². The highest BCUT2D eigenvalue weighted by molar-refractivity contribution is 9.10. The summed E-state index contributed by atoms with van der Waals surface area (Å²) in [7, 11) is 1.43. The van der Waals surface area contributed by atoms with Crippen LogP contribution in [0.15, 0.2) is 28.9 Å². The Labute approximate surface area is 119 Å². The summed E-state index contributed by atoms with van der Waals surface area (Å²) >= 11 is 3.44. The molecule has 0 bridgehead atoms. The van der Waals surface area contributed by atoms with E-state index in [9.17, 15) is 4.39 Å². The molecule has 0 radical (unpaired) electrons. The number of aryl methyl sites for hydroxylation is 1. The zero-order chi connectivity index (χ0) is 14.0. The van der Waals surface area contributed by atoms with E-state index in [1.165, 1.54) is 13.2 Å². The molecule has 0 amide bonds. The van der Waals surface area contributed by atoms with Crippen molar-refractivity contribution in [3.8, 4) is 5.75 Å². The Morgan fingerprint density at radius 1 is 1.53 bits per heavy atom. The second-order valence-corrected chi connectivity index (χ2v) is 4.92. The number of hydrogen-bond donors (Lipinski definition) is 1. The van der Waals surface area contributed by atoms with Crippen molar-refractivity contribution in [3.63, 3.8) is 0 Å². The molecule has 1 aromatic carbocycles. The Morgan fingerprint density at radius 3 is 2.89 bits per heavy atom. The molecule has 0 spiro atoms. The summed E-state index contributed by atoms with van der Waals surface area (Å²) in [4.78, 5) is 0. The highest BCUT2D eigenvalue weighted by Crippen LogP contribution is 2.29. The lowest BCUT2D eigenvalue weighted by Crippen LogP contribution is -2.17. The average Bonchev–Trinajstić information content (AvgIpc) is 2.79. The van der Waals surface area contributed by atoms with E-state index >= 15 is 0 Å². The van der Waals surface area contributed by atoms with E-state index in [4.69, 9.17) is 10.5 Å². The molecule has 0 aliphatic carbocycles. The minimum atomic E-state index is -0.401. The highest BCUT2D eigenvalue weighted by atomic mass is 79.9. The lowest BCUT2D eigenvalue weighted by Gasteiger charge is -2.15. The minimum absolute atomic E-state index is 0.187. The van der Waals surface area contributed by atoms with Crippen LogP contribution >= 0.6 is 15.9 Å². The number of nitrogens with two attached hydrogens (primary N) is 1. The number of methoxy groups -OCH3 is 1. The first-order valence-electron chi connectivity index (χ1n) is 5.88. The molecule has 102 valence electrons. The van der Waals surface area contributed by atoms with E-state index < -0.39 is 11.9 Å². The van der Waals surface area contributed by atoms with Gasteiger partial charge in [0.15, 0.2) is 11.6 Å². The van der Waals surface area contributed by atoms with Crippen LogP contribution in [0.2, 0.25) is 0 Å². The van der Waals surface area contributed by atoms with Crippen LogP contribution in [-0.2, 0) is 6.54 Å². The van der Waals surface area contributed by atoms with E-state index in [2.05, 4.69) is 21.0 Å². The SMILES string of the molecule is CCn1ncc(Br)c1C(N)c1ccc(F)c(OC)c1. The number of halogens is 2. The van der Waals surface area contributed by atoms with Crippen molar-refractivity contribution in [1.29, 1.82) is 0 Å². The summed E-state index contributed by atoms with van der Waals surface area (Å²) in [5.41, 5.74) is 7.87. The predicted molar refractivity (Wildman–Crippen MR) is 74.6 cm³/mol. The Hall–Kier alpha value is -1.40. The summed E-state index contributed by atoms with van der Waals surface area (Å²) in [6.45, 7) is 2.70. The third-order valence-corrected chi connectivity index (χ3v) is 3.57. The zero-order valence-corrected chi connectivity index (χ0v) is 12.3. The quantitative estimate of drug-likeness (QED) is 0.939. The van der Waals surface area contributed by atoms with Crippen LogP contribution in [-0.4, -0.2) is 16.9 Å². The van der Waals surface area contributed by atoms with Crippen molar-refractivity contribution in [1.82, 2.24) is 9.78 Å². The van der Waals surface area contributed by atoms with E-state index in [-0.39, 0.29) is 5.75 Å². The van der Waals surface area contributed by atoms with Crippen molar-refractivity contribution in [2.75, 3.05) is 7.11 Å². The summed E-state index contributed by atoms with van der Waals surface area (Å²) < 4.78 is 21.0. The van der Waals surface area contributed by atoms with Crippen molar-refractivity contribution in [2.24, 2.45) is 5.73 Å². The molecular formula is C13H15BrFN3O. The van der Waals surface area contributed by atoms with Gasteiger partial charge in [0.25, 0.3) is 0 Å². The van der Waals surface area contributed by atoms with Gasteiger partial charge in [-0.15, -0.1) is 0 Å². The first-order valence-corrected chi connectivity index (χ1v) is 6.68. The molecular weight excluding hydrogens is 313 g/mol. The minimum Gasteiger partial charge on any atom is -0.494 e. The van der Waals surface area contributed by atoms with Gasteiger partial charge in [-0.25, -0.2) is 4.39 Å². The van der Waals surface area contributed by atoms with Gasteiger partial charge in [0.05, 0.1) is 29.5 Å². The highest BCUT2D eigenvalue weighted by Gasteiger charge is 2.19. The lowest BCUT2D eigenvalue weighted by atomic mass is 10.0. The van der Waals surface area contributed by atoms with Gasteiger partial charge >= 0.3 is 0 Å². The van der Waals surface area contributed by atoms with Crippen LogP contribution in [0.3, 0.4) is 0 Å². The summed E-state index contributed by atoms with van der Waals surface area (Å²) in [5, 5.41) is 4.23. The molecule has 4 nitrogen and oxygen atoms in total. The molecule has 0 aliphatic rings. The van der Waals surface area contributed by atoms with E-state index in [0.29, 0.717) is 6.54 Å². The topological polar surface area (TPSA) is 53.1 Å². The number of nitrogens with zero attached hydrogens (tertiary/aromatic N) is 2. The van der Waals surface area contributed by atoms with E-state index in [1.54, 1.807) is 18.3 Å². The summed E-state index contributed by atoms with van der Waals surface area (Å²) in [6.07, 6.45) is 1.71.